The lowest BCUT2D eigenvalue weighted by Crippen LogP contribution is -2.39. The standard InChI is InChI=1S/C15H20N2O/c1-15(9-2-10-15)11-17-14(18)8-5-12-3-6-13(16)7-4-12/h3-8H,2,9-11,16H2,1H3,(H,17,18)/b8-5+. The van der Waals surface area contributed by atoms with E-state index in [2.05, 4.69) is 12.2 Å². The molecule has 3 nitrogen and oxygen atoms in total. The fourth-order valence-electron chi connectivity index (χ4n) is 2.10. The molecule has 3 heteroatoms. The predicted octanol–water partition coefficient (Wildman–Crippen LogP) is 2.59. The van der Waals surface area contributed by atoms with Crippen LogP contribution >= 0.6 is 0 Å². The Kier molecular flexibility index (Phi) is 3.70. The lowest BCUT2D eigenvalue weighted by Gasteiger charge is -2.38. The van der Waals surface area contributed by atoms with E-state index in [1.807, 2.05) is 24.3 Å². The monoisotopic (exact) mass is 244 g/mol. The van der Waals surface area contributed by atoms with Gasteiger partial charge in [-0.05, 0) is 42.0 Å². The van der Waals surface area contributed by atoms with E-state index in [4.69, 9.17) is 5.73 Å². The molecule has 96 valence electrons. The quantitative estimate of drug-likeness (QED) is 0.632. The molecule has 0 spiro atoms. The molecular weight excluding hydrogens is 224 g/mol. The largest absolute Gasteiger partial charge is 0.399 e. The Morgan fingerprint density at radius 2 is 2.06 bits per heavy atom. The summed E-state index contributed by atoms with van der Waals surface area (Å²) in [4.78, 5) is 11.6. The molecule has 1 aliphatic rings. The molecule has 0 radical (unpaired) electrons. The van der Waals surface area contributed by atoms with Crippen LogP contribution in [0.3, 0.4) is 0 Å². The van der Waals surface area contributed by atoms with Crippen molar-refractivity contribution in [1.29, 1.82) is 0 Å². The average Bonchev–Trinajstić information content (AvgIpc) is 2.33. The highest BCUT2D eigenvalue weighted by atomic mass is 16.1. The van der Waals surface area contributed by atoms with E-state index in [9.17, 15) is 4.79 Å². The van der Waals surface area contributed by atoms with Crippen molar-refractivity contribution in [2.75, 3.05) is 12.3 Å². The summed E-state index contributed by atoms with van der Waals surface area (Å²) in [5.74, 6) is -0.0278. The predicted molar refractivity (Wildman–Crippen MR) is 74.9 cm³/mol. The lowest BCUT2D eigenvalue weighted by atomic mass is 9.70. The summed E-state index contributed by atoms with van der Waals surface area (Å²) in [6.07, 6.45) is 7.10. The van der Waals surface area contributed by atoms with Crippen LogP contribution in [0.25, 0.3) is 6.08 Å². The summed E-state index contributed by atoms with van der Waals surface area (Å²) in [5.41, 5.74) is 7.63. The van der Waals surface area contributed by atoms with Crippen LogP contribution in [0.2, 0.25) is 0 Å². The third kappa shape index (κ3) is 3.36. The summed E-state index contributed by atoms with van der Waals surface area (Å²) >= 11 is 0. The van der Waals surface area contributed by atoms with E-state index in [0.717, 1.165) is 17.8 Å². The zero-order valence-electron chi connectivity index (χ0n) is 10.8. The number of amides is 1. The van der Waals surface area contributed by atoms with E-state index in [-0.39, 0.29) is 5.91 Å². The first-order valence-corrected chi connectivity index (χ1v) is 6.39. The van der Waals surface area contributed by atoms with Crippen LogP contribution in [-0.4, -0.2) is 12.5 Å². The smallest absolute Gasteiger partial charge is 0.244 e. The minimum Gasteiger partial charge on any atom is -0.399 e. The molecule has 1 amide bonds. The molecule has 0 aliphatic heterocycles. The number of hydrogen-bond donors (Lipinski definition) is 2. The van der Waals surface area contributed by atoms with Gasteiger partial charge in [-0.25, -0.2) is 0 Å². The zero-order chi connectivity index (χ0) is 13.0. The van der Waals surface area contributed by atoms with Gasteiger partial charge < -0.3 is 11.1 Å². The highest BCUT2D eigenvalue weighted by Gasteiger charge is 2.31. The molecule has 18 heavy (non-hydrogen) atoms. The molecule has 0 aromatic heterocycles. The Bertz CT molecular complexity index is 444. The van der Waals surface area contributed by atoms with Crippen molar-refractivity contribution in [3.8, 4) is 0 Å². The molecule has 2 rings (SSSR count). The number of benzene rings is 1. The van der Waals surface area contributed by atoms with E-state index in [1.165, 1.54) is 19.3 Å². The van der Waals surface area contributed by atoms with Crippen molar-refractivity contribution in [1.82, 2.24) is 5.32 Å². The molecular formula is C15H20N2O. The van der Waals surface area contributed by atoms with Gasteiger partial charge >= 0.3 is 0 Å². The fraction of sp³-hybridized carbons (Fsp3) is 0.400. The van der Waals surface area contributed by atoms with E-state index < -0.39 is 0 Å². The van der Waals surface area contributed by atoms with Gasteiger partial charge in [-0.1, -0.05) is 25.5 Å². The molecule has 0 bridgehead atoms. The first-order valence-electron chi connectivity index (χ1n) is 6.39. The number of carbonyl (C=O) groups is 1. The van der Waals surface area contributed by atoms with Crippen molar-refractivity contribution < 1.29 is 4.79 Å². The van der Waals surface area contributed by atoms with Gasteiger partial charge in [0.25, 0.3) is 0 Å². The SMILES string of the molecule is CC1(CNC(=O)/C=C/c2ccc(N)cc2)CCC1. The fourth-order valence-corrected chi connectivity index (χ4v) is 2.10. The molecule has 0 heterocycles. The van der Waals surface area contributed by atoms with Gasteiger partial charge in [0.15, 0.2) is 0 Å². The summed E-state index contributed by atoms with van der Waals surface area (Å²) in [7, 11) is 0. The Hall–Kier alpha value is -1.77. The minimum absolute atomic E-state index is 0.0278. The first-order chi connectivity index (χ1) is 8.57. The summed E-state index contributed by atoms with van der Waals surface area (Å²) < 4.78 is 0. The van der Waals surface area contributed by atoms with Gasteiger partial charge in [0.1, 0.15) is 0 Å². The second-order valence-electron chi connectivity index (χ2n) is 5.38. The number of nitrogens with one attached hydrogen (secondary N) is 1. The van der Waals surface area contributed by atoms with E-state index in [1.54, 1.807) is 12.2 Å². The molecule has 0 saturated heterocycles. The van der Waals surface area contributed by atoms with Gasteiger partial charge in [0.2, 0.25) is 5.91 Å². The lowest BCUT2D eigenvalue weighted by molar-refractivity contribution is -0.117. The summed E-state index contributed by atoms with van der Waals surface area (Å²) in [6, 6.07) is 7.44. The number of carbonyl (C=O) groups excluding carboxylic acids is 1. The van der Waals surface area contributed by atoms with Crippen LogP contribution in [-0.2, 0) is 4.79 Å². The number of rotatable bonds is 4. The molecule has 0 unspecified atom stereocenters. The van der Waals surface area contributed by atoms with Gasteiger partial charge in [0, 0.05) is 18.3 Å². The normalized spacial score (nSPS) is 17.4. The first kappa shape index (κ1) is 12.7. The third-order valence-electron chi connectivity index (χ3n) is 3.61. The molecule has 0 atom stereocenters. The second-order valence-corrected chi connectivity index (χ2v) is 5.38. The zero-order valence-corrected chi connectivity index (χ0v) is 10.8. The van der Waals surface area contributed by atoms with Crippen LogP contribution in [0.15, 0.2) is 30.3 Å². The highest BCUT2D eigenvalue weighted by Crippen LogP contribution is 2.39. The molecule has 1 fully saturated rings. The third-order valence-corrected chi connectivity index (χ3v) is 3.61. The summed E-state index contributed by atoms with van der Waals surface area (Å²) in [5, 5.41) is 2.96. The molecule has 1 aromatic rings. The molecule has 1 saturated carbocycles. The highest BCUT2D eigenvalue weighted by molar-refractivity contribution is 5.91. The number of anilines is 1. The van der Waals surface area contributed by atoms with Crippen LogP contribution in [0, 0.1) is 5.41 Å². The van der Waals surface area contributed by atoms with Crippen LogP contribution < -0.4 is 11.1 Å². The van der Waals surface area contributed by atoms with Crippen molar-refractivity contribution in [2.45, 2.75) is 26.2 Å². The molecule has 3 N–H and O–H groups in total. The van der Waals surface area contributed by atoms with Crippen molar-refractivity contribution in [3.63, 3.8) is 0 Å². The molecule has 1 aliphatic carbocycles. The van der Waals surface area contributed by atoms with E-state index >= 15 is 0 Å². The maximum Gasteiger partial charge on any atom is 0.244 e. The van der Waals surface area contributed by atoms with Gasteiger partial charge in [-0.15, -0.1) is 0 Å². The van der Waals surface area contributed by atoms with E-state index in [0.29, 0.717) is 5.41 Å². The number of hydrogen-bond acceptors (Lipinski definition) is 2. The van der Waals surface area contributed by atoms with Crippen LogP contribution in [0.4, 0.5) is 5.69 Å². The maximum absolute atomic E-state index is 11.6. The van der Waals surface area contributed by atoms with Crippen LogP contribution in [0.5, 0.6) is 0 Å². The van der Waals surface area contributed by atoms with Gasteiger partial charge in [-0.3, -0.25) is 4.79 Å². The number of nitrogen functional groups attached to an aromatic ring is 1. The Morgan fingerprint density at radius 1 is 1.39 bits per heavy atom. The summed E-state index contributed by atoms with van der Waals surface area (Å²) in [6.45, 7) is 3.00. The molecule has 1 aromatic carbocycles. The van der Waals surface area contributed by atoms with Gasteiger partial charge in [0.05, 0.1) is 0 Å². The Labute approximate surface area is 108 Å². The number of nitrogens with two attached hydrogens (primary N) is 1. The second kappa shape index (κ2) is 5.25. The van der Waals surface area contributed by atoms with Gasteiger partial charge in [-0.2, -0.15) is 0 Å². The van der Waals surface area contributed by atoms with Crippen LogP contribution in [0.1, 0.15) is 31.7 Å². The Balaban J connectivity index is 1.81. The maximum atomic E-state index is 11.6. The average molecular weight is 244 g/mol. The van der Waals surface area contributed by atoms with Crippen molar-refractivity contribution in [2.24, 2.45) is 5.41 Å². The van der Waals surface area contributed by atoms with Crippen molar-refractivity contribution >= 4 is 17.7 Å². The minimum atomic E-state index is -0.0278. The van der Waals surface area contributed by atoms with Crippen molar-refractivity contribution in [3.05, 3.63) is 35.9 Å². The topological polar surface area (TPSA) is 55.1 Å². The Morgan fingerprint density at radius 3 is 2.61 bits per heavy atom.